The number of nitrogens with two attached hydrogens (primary N) is 1. The zero-order valence-corrected chi connectivity index (χ0v) is 10.2. The van der Waals surface area contributed by atoms with E-state index in [-0.39, 0.29) is 0 Å². The number of nitrogens with zero attached hydrogens (tertiary/aromatic N) is 2. The number of nitrogen functional groups attached to an aromatic ring is 1. The number of para-hydroxylation sites is 2. The van der Waals surface area contributed by atoms with Gasteiger partial charge in [-0.2, -0.15) is 5.10 Å². The molecule has 0 aliphatic rings. The molecule has 1 aromatic heterocycles. The molecule has 0 bridgehead atoms. The summed E-state index contributed by atoms with van der Waals surface area (Å²) in [4.78, 5) is 0. The summed E-state index contributed by atoms with van der Waals surface area (Å²) in [6.45, 7) is 1.24. The summed E-state index contributed by atoms with van der Waals surface area (Å²) in [6.07, 6.45) is 3.65. The number of benzene rings is 1. The van der Waals surface area contributed by atoms with Crippen LogP contribution >= 0.6 is 15.9 Å². The molecule has 2 aromatic rings. The van der Waals surface area contributed by atoms with Crippen LogP contribution in [-0.2, 0) is 6.54 Å². The van der Waals surface area contributed by atoms with Gasteiger partial charge in [0, 0.05) is 6.20 Å². The molecule has 0 saturated carbocycles. The Labute approximate surface area is 102 Å². The van der Waals surface area contributed by atoms with Crippen molar-refractivity contribution in [3.8, 4) is 5.75 Å². The molecule has 0 radical (unpaired) electrons. The van der Waals surface area contributed by atoms with Crippen molar-refractivity contribution in [2.24, 2.45) is 0 Å². The minimum atomic E-state index is 0.544. The Hall–Kier alpha value is -1.49. The number of ether oxygens (including phenoxy) is 1. The molecule has 5 heteroatoms. The Balaban J connectivity index is 1.87. The fourth-order valence-corrected chi connectivity index (χ4v) is 1.65. The molecule has 2 N–H and O–H groups in total. The van der Waals surface area contributed by atoms with Crippen molar-refractivity contribution in [3.63, 3.8) is 0 Å². The lowest BCUT2D eigenvalue weighted by Gasteiger charge is -2.08. The zero-order valence-electron chi connectivity index (χ0n) is 8.64. The molecular formula is C11H12BrN3O. The predicted octanol–water partition coefficient (Wildman–Crippen LogP) is 2.31. The maximum absolute atomic E-state index is 5.75. The highest BCUT2D eigenvalue weighted by molar-refractivity contribution is 9.10. The molecule has 4 nitrogen and oxygen atoms in total. The molecule has 0 atom stereocenters. The van der Waals surface area contributed by atoms with Crippen LogP contribution in [-0.4, -0.2) is 16.4 Å². The molecule has 0 fully saturated rings. The highest BCUT2D eigenvalue weighted by Gasteiger charge is 1.99. The molecule has 1 heterocycles. The van der Waals surface area contributed by atoms with Crippen molar-refractivity contribution in [1.82, 2.24) is 9.78 Å². The molecule has 0 spiro atoms. The third kappa shape index (κ3) is 2.76. The molecular weight excluding hydrogens is 270 g/mol. The average Bonchev–Trinajstić information content (AvgIpc) is 2.67. The normalized spacial score (nSPS) is 10.3. The van der Waals surface area contributed by atoms with Gasteiger partial charge in [0.05, 0.1) is 22.9 Å². The Morgan fingerprint density at radius 1 is 1.38 bits per heavy atom. The Morgan fingerprint density at radius 3 is 2.88 bits per heavy atom. The van der Waals surface area contributed by atoms with Crippen molar-refractivity contribution in [1.29, 1.82) is 0 Å². The zero-order chi connectivity index (χ0) is 11.4. The largest absolute Gasteiger partial charge is 0.490 e. The van der Waals surface area contributed by atoms with Crippen LogP contribution in [0.1, 0.15) is 0 Å². The highest BCUT2D eigenvalue weighted by Crippen LogP contribution is 2.19. The van der Waals surface area contributed by atoms with Gasteiger partial charge in [-0.1, -0.05) is 12.1 Å². The van der Waals surface area contributed by atoms with E-state index in [0.717, 1.165) is 4.47 Å². The first-order chi connectivity index (χ1) is 7.75. The number of hydrogen-bond acceptors (Lipinski definition) is 3. The van der Waals surface area contributed by atoms with E-state index in [4.69, 9.17) is 10.5 Å². The first-order valence-corrected chi connectivity index (χ1v) is 5.70. The molecule has 0 amide bonds. The lowest BCUT2D eigenvalue weighted by atomic mass is 10.3. The Kier molecular flexibility index (Phi) is 3.46. The Morgan fingerprint density at radius 2 is 2.19 bits per heavy atom. The first kappa shape index (κ1) is 11.0. The maximum atomic E-state index is 5.75. The minimum absolute atomic E-state index is 0.544. The van der Waals surface area contributed by atoms with Gasteiger partial charge in [-0.25, -0.2) is 0 Å². The number of rotatable bonds is 4. The minimum Gasteiger partial charge on any atom is -0.490 e. The second-order valence-electron chi connectivity index (χ2n) is 3.31. The summed E-state index contributed by atoms with van der Waals surface area (Å²) < 4.78 is 8.32. The van der Waals surface area contributed by atoms with Crippen molar-refractivity contribution in [3.05, 3.63) is 41.1 Å². The standard InChI is InChI=1S/C11H12BrN3O/c12-9-7-14-15(8-9)5-6-16-11-4-2-1-3-10(11)13/h1-4,7-8H,5-6,13H2. The van der Waals surface area contributed by atoms with Crippen LogP contribution in [0.2, 0.25) is 0 Å². The van der Waals surface area contributed by atoms with Crippen molar-refractivity contribution in [2.75, 3.05) is 12.3 Å². The van der Waals surface area contributed by atoms with E-state index < -0.39 is 0 Å². The van der Waals surface area contributed by atoms with E-state index in [1.807, 2.05) is 35.1 Å². The van der Waals surface area contributed by atoms with E-state index in [1.54, 1.807) is 6.20 Å². The van der Waals surface area contributed by atoms with Crippen LogP contribution in [0.25, 0.3) is 0 Å². The third-order valence-electron chi connectivity index (χ3n) is 2.10. The van der Waals surface area contributed by atoms with E-state index in [2.05, 4.69) is 21.0 Å². The summed E-state index contributed by atoms with van der Waals surface area (Å²) in [7, 11) is 0. The van der Waals surface area contributed by atoms with Crippen molar-refractivity contribution >= 4 is 21.6 Å². The van der Waals surface area contributed by atoms with Crippen LogP contribution < -0.4 is 10.5 Å². The fourth-order valence-electron chi connectivity index (χ4n) is 1.32. The molecule has 0 aliphatic heterocycles. The summed E-state index contributed by atoms with van der Waals surface area (Å²) >= 11 is 3.34. The van der Waals surface area contributed by atoms with Crippen LogP contribution in [0.15, 0.2) is 41.1 Å². The summed E-state index contributed by atoms with van der Waals surface area (Å²) in [6, 6.07) is 7.46. The van der Waals surface area contributed by atoms with Gasteiger partial charge in [-0.3, -0.25) is 4.68 Å². The second-order valence-corrected chi connectivity index (χ2v) is 4.22. The van der Waals surface area contributed by atoms with Gasteiger partial charge in [0.15, 0.2) is 0 Å². The number of hydrogen-bond donors (Lipinski definition) is 1. The van der Waals surface area contributed by atoms with E-state index >= 15 is 0 Å². The van der Waals surface area contributed by atoms with Gasteiger partial charge in [-0.15, -0.1) is 0 Å². The van der Waals surface area contributed by atoms with Crippen LogP contribution in [0.5, 0.6) is 5.75 Å². The van der Waals surface area contributed by atoms with E-state index in [0.29, 0.717) is 24.6 Å². The smallest absolute Gasteiger partial charge is 0.142 e. The number of halogens is 1. The van der Waals surface area contributed by atoms with E-state index in [9.17, 15) is 0 Å². The van der Waals surface area contributed by atoms with Crippen LogP contribution in [0.4, 0.5) is 5.69 Å². The van der Waals surface area contributed by atoms with Crippen molar-refractivity contribution in [2.45, 2.75) is 6.54 Å². The van der Waals surface area contributed by atoms with Crippen LogP contribution in [0.3, 0.4) is 0 Å². The number of aromatic nitrogens is 2. The first-order valence-electron chi connectivity index (χ1n) is 4.91. The molecule has 16 heavy (non-hydrogen) atoms. The van der Waals surface area contributed by atoms with Crippen LogP contribution in [0, 0.1) is 0 Å². The molecule has 0 saturated heterocycles. The second kappa shape index (κ2) is 5.03. The summed E-state index contributed by atoms with van der Waals surface area (Å²) in [5, 5.41) is 4.13. The van der Waals surface area contributed by atoms with Crippen molar-refractivity contribution < 1.29 is 4.74 Å². The van der Waals surface area contributed by atoms with Gasteiger partial charge in [0.2, 0.25) is 0 Å². The van der Waals surface area contributed by atoms with Gasteiger partial charge in [-0.05, 0) is 28.1 Å². The molecule has 1 aromatic carbocycles. The SMILES string of the molecule is Nc1ccccc1OCCn1cc(Br)cn1. The van der Waals surface area contributed by atoms with Gasteiger partial charge in [0.1, 0.15) is 12.4 Å². The molecule has 84 valence electrons. The van der Waals surface area contributed by atoms with Gasteiger partial charge >= 0.3 is 0 Å². The number of anilines is 1. The predicted molar refractivity (Wildman–Crippen MR) is 66.3 cm³/mol. The monoisotopic (exact) mass is 281 g/mol. The maximum Gasteiger partial charge on any atom is 0.142 e. The summed E-state index contributed by atoms with van der Waals surface area (Å²) in [5.74, 6) is 0.716. The topological polar surface area (TPSA) is 53.1 Å². The molecule has 2 rings (SSSR count). The highest BCUT2D eigenvalue weighted by atomic mass is 79.9. The molecule has 0 unspecified atom stereocenters. The van der Waals surface area contributed by atoms with Gasteiger partial charge < -0.3 is 10.5 Å². The third-order valence-corrected chi connectivity index (χ3v) is 2.51. The van der Waals surface area contributed by atoms with E-state index in [1.165, 1.54) is 0 Å². The average molecular weight is 282 g/mol. The lowest BCUT2D eigenvalue weighted by Crippen LogP contribution is -2.09. The summed E-state index contributed by atoms with van der Waals surface area (Å²) in [5.41, 5.74) is 6.41. The Bertz CT molecular complexity index is 470. The lowest BCUT2D eigenvalue weighted by molar-refractivity contribution is 0.293. The quantitative estimate of drug-likeness (QED) is 0.875. The fraction of sp³-hybridized carbons (Fsp3) is 0.182. The molecule has 0 aliphatic carbocycles. The van der Waals surface area contributed by atoms with Gasteiger partial charge in [0.25, 0.3) is 0 Å².